The Morgan fingerprint density at radius 2 is 1.77 bits per heavy atom. The maximum Gasteiger partial charge on any atom is 0.338 e. The fourth-order valence-corrected chi connectivity index (χ4v) is 4.31. The summed E-state index contributed by atoms with van der Waals surface area (Å²) in [6.45, 7) is 1.37. The van der Waals surface area contributed by atoms with Crippen molar-refractivity contribution < 1.29 is 47.8 Å². The quantitative estimate of drug-likeness (QED) is 0.119. The number of benzene rings is 1. The third-order valence-corrected chi connectivity index (χ3v) is 6.21. The number of sulfone groups is 1. The van der Waals surface area contributed by atoms with Gasteiger partial charge in [-0.3, -0.25) is 14.9 Å². The highest BCUT2D eigenvalue weighted by atomic mass is 32.2. The fraction of sp³-hybridized carbons (Fsp3) is 0.450. The van der Waals surface area contributed by atoms with Gasteiger partial charge in [0.2, 0.25) is 5.96 Å². The average molecular weight is 515 g/mol. The number of aliphatic hydroxyl groups is 1. The summed E-state index contributed by atoms with van der Waals surface area (Å²) in [6.07, 6.45) is 1.37. The Morgan fingerprint density at radius 3 is 2.31 bits per heavy atom. The first-order valence-electron chi connectivity index (χ1n) is 10.3. The van der Waals surface area contributed by atoms with E-state index in [2.05, 4.69) is 15.3 Å². The molecule has 1 heterocycles. The van der Waals surface area contributed by atoms with Crippen molar-refractivity contribution in [2.45, 2.75) is 42.6 Å². The van der Waals surface area contributed by atoms with Gasteiger partial charge in [0, 0.05) is 24.9 Å². The molecule has 1 aromatic carbocycles. The first-order chi connectivity index (χ1) is 16.2. The summed E-state index contributed by atoms with van der Waals surface area (Å²) in [5, 5.41) is 32.6. The molecule has 1 aliphatic heterocycles. The molecule has 0 radical (unpaired) electrons. The van der Waals surface area contributed by atoms with Crippen LogP contribution in [0.2, 0.25) is 0 Å². The van der Waals surface area contributed by atoms with Crippen LogP contribution in [0.25, 0.3) is 0 Å². The van der Waals surface area contributed by atoms with Gasteiger partial charge in [0.25, 0.3) is 5.91 Å². The Hall–Kier alpha value is -3.72. The summed E-state index contributed by atoms with van der Waals surface area (Å²) in [6, 6.07) is 4.10. The molecule has 1 atom stereocenters. The zero-order valence-electron chi connectivity index (χ0n) is 18.8. The van der Waals surface area contributed by atoms with Gasteiger partial charge in [0.1, 0.15) is 0 Å². The molecule has 1 aliphatic rings. The number of carboxylic acids is 2. The van der Waals surface area contributed by atoms with Gasteiger partial charge in [-0.05, 0) is 42.6 Å². The summed E-state index contributed by atoms with van der Waals surface area (Å²) >= 11 is 0. The minimum absolute atomic E-state index is 0.0413. The molecule has 1 saturated heterocycles. The fourth-order valence-electron chi connectivity index (χ4n) is 3.39. The van der Waals surface area contributed by atoms with Crippen LogP contribution in [0.1, 0.15) is 42.5 Å². The third kappa shape index (κ3) is 7.65. The number of oxime groups is 1. The zero-order chi connectivity index (χ0) is 26.4. The van der Waals surface area contributed by atoms with Crippen LogP contribution >= 0.6 is 0 Å². The molecule has 1 amide bonds. The van der Waals surface area contributed by atoms with Gasteiger partial charge in [-0.25, -0.2) is 18.0 Å². The Kier molecular flexibility index (Phi) is 8.76. The number of rotatable bonds is 9. The predicted octanol–water partition coefficient (Wildman–Crippen LogP) is -0.736. The molecule has 1 fully saturated rings. The van der Waals surface area contributed by atoms with Gasteiger partial charge in [-0.15, -0.1) is 0 Å². The molecule has 192 valence electrons. The van der Waals surface area contributed by atoms with Crippen LogP contribution in [0.15, 0.2) is 28.3 Å². The molecule has 1 unspecified atom stereocenters. The molecule has 0 aliphatic carbocycles. The summed E-state index contributed by atoms with van der Waals surface area (Å²) in [4.78, 5) is 52.3. The number of carbonyl (C=O) groups excluding carboxylic acids is 2. The smallest absolute Gasteiger partial charge is 0.338 e. The average Bonchev–Trinajstić information content (AvgIpc) is 2.76. The Morgan fingerprint density at radius 1 is 1.14 bits per heavy atom. The van der Waals surface area contributed by atoms with Crippen LogP contribution in [0.5, 0.6) is 0 Å². The van der Waals surface area contributed by atoms with Gasteiger partial charge in [-0.1, -0.05) is 0 Å². The topological polar surface area (TPSA) is 226 Å². The van der Waals surface area contributed by atoms with Gasteiger partial charge < -0.3 is 30.8 Å². The van der Waals surface area contributed by atoms with Crippen LogP contribution in [0.3, 0.4) is 0 Å². The molecule has 14 nitrogen and oxygen atoms in total. The number of guanidine groups is 1. The minimum Gasteiger partial charge on any atom is -0.481 e. The van der Waals surface area contributed by atoms with E-state index in [1.165, 1.54) is 18.2 Å². The second-order valence-electron chi connectivity index (χ2n) is 7.98. The number of hydrogen-bond donors (Lipinski definition) is 5. The lowest BCUT2D eigenvalue weighted by Crippen LogP contribution is -2.43. The molecule has 0 saturated carbocycles. The second-order valence-corrected chi connectivity index (χ2v) is 9.96. The van der Waals surface area contributed by atoms with Crippen molar-refractivity contribution in [1.82, 2.24) is 5.32 Å². The SMILES string of the molecule is CS(=O)(=O)c1cc(C(=O)NC(N)=NOC(=O)CC(O)(CC(=O)O)C(=O)O)ccc1N1CCCCC1. The largest absolute Gasteiger partial charge is 0.481 e. The second kappa shape index (κ2) is 11.1. The van der Waals surface area contributed by atoms with Crippen LogP contribution in [-0.4, -0.2) is 78.5 Å². The lowest BCUT2D eigenvalue weighted by molar-refractivity contribution is -0.172. The number of nitrogens with one attached hydrogen (secondary N) is 1. The third-order valence-electron chi connectivity index (χ3n) is 5.08. The maximum absolute atomic E-state index is 12.5. The van der Waals surface area contributed by atoms with E-state index in [4.69, 9.17) is 15.9 Å². The number of nitrogens with two attached hydrogens (primary N) is 1. The number of carbonyl (C=O) groups is 4. The van der Waals surface area contributed by atoms with Gasteiger partial charge in [0.15, 0.2) is 15.4 Å². The molecule has 1 aromatic rings. The van der Waals surface area contributed by atoms with Crippen molar-refractivity contribution in [1.29, 1.82) is 0 Å². The number of piperidine rings is 1. The van der Waals surface area contributed by atoms with Crippen molar-refractivity contribution in [3.8, 4) is 0 Å². The number of hydrogen-bond acceptors (Lipinski definition) is 10. The normalized spacial score (nSPS) is 16.2. The summed E-state index contributed by atoms with van der Waals surface area (Å²) in [5.41, 5.74) is 2.95. The molecular weight excluding hydrogens is 488 g/mol. The van der Waals surface area contributed by atoms with Crippen molar-refractivity contribution in [3.63, 3.8) is 0 Å². The predicted molar refractivity (Wildman–Crippen MR) is 120 cm³/mol. The first kappa shape index (κ1) is 27.5. The molecule has 0 spiro atoms. The van der Waals surface area contributed by atoms with E-state index in [1.807, 2.05) is 4.90 Å². The molecule has 35 heavy (non-hydrogen) atoms. The van der Waals surface area contributed by atoms with E-state index in [9.17, 15) is 32.7 Å². The van der Waals surface area contributed by atoms with Crippen molar-refractivity contribution in [3.05, 3.63) is 23.8 Å². The van der Waals surface area contributed by atoms with Crippen molar-refractivity contribution in [2.75, 3.05) is 24.2 Å². The zero-order valence-corrected chi connectivity index (χ0v) is 19.6. The Bertz CT molecular complexity index is 1140. The Balaban J connectivity index is 2.12. The molecule has 0 bridgehead atoms. The first-order valence-corrected chi connectivity index (χ1v) is 12.2. The molecule has 0 aromatic heterocycles. The van der Waals surface area contributed by atoms with E-state index >= 15 is 0 Å². The summed E-state index contributed by atoms with van der Waals surface area (Å²) < 4.78 is 24.7. The molecule has 6 N–H and O–H groups in total. The monoisotopic (exact) mass is 514 g/mol. The van der Waals surface area contributed by atoms with Crippen LogP contribution in [0, 0.1) is 0 Å². The molecule has 15 heteroatoms. The highest BCUT2D eigenvalue weighted by Crippen LogP contribution is 2.29. The van der Waals surface area contributed by atoms with E-state index < -0.39 is 58.1 Å². The number of anilines is 1. The van der Waals surface area contributed by atoms with Crippen molar-refractivity contribution >= 4 is 45.3 Å². The van der Waals surface area contributed by atoms with Crippen LogP contribution in [0.4, 0.5) is 5.69 Å². The highest BCUT2D eigenvalue weighted by molar-refractivity contribution is 7.90. The highest BCUT2D eigenvalue weighted by Gasteiger charge is 2.41. The molecule has 2 rings (SSSR count). The standard InChI is InChI=1S/C20H26N4O10S/c1-35(32,33)14-9-12(5-6-13(14)24-7-3-2-4-8-24)17(28)22-19(21)23-34-16(27)11-20(31,18(29)30)10-15(25)26/h5-6,9,31H,2-4,7-8,10-11H2,1H3,(H,25,26)(H,29,30)(H3,21,22,23,28). The van der Waals surface area contributed by atoms with Gasteiger partial charge in [0.05, 0.1) is 23.4 Å². The minimum atomic E-state index is -3.69. The van der Waals surface area contributed by atoms with E-state index in [1.54, 1.807) is 0 Å². The lowest BCUT2D eigenvalue weighted by Gasteiger charge is -2.30. The van der Waals surface area contributed by atoms with E-state index in [0.717, 1.165) is 25.5 Å². The maximum atomic E-state index is 12.5. The number of amides is 1. The van der Waals surface area contributed by atoms with E-state index in [-0.39, 0.29) is 10.5 Å². The number of carboxylic acid groups (broad SMARTS) is 2. The molecular formula is C20H26N4O10S. The van der Waals surface area contributed by atoms with Crippen molar-refractivity contribution in [2.24, 2.45) is 10.9 Å². The van der Waals surface area contributed by atoms with Gasteiger partial charge >= 0.3 is 17.9 Å². The Labute approximate surface area is 200 Å². The number of nitrogens with zero attached hydrogens (tertiary/aromatic N) is 2. The summed E-state index contributed by atoms with van der Waals surface area (Å²) in [7, 11) is -3.69. The van der Waals surface area contributed by atoms with Gasteiger partial charge in [-0.2, -0.15) is 0 Å². The van der Waals surface area contributed by atoms with Crippen LogP contribution in [-0.2, 0) is 29.1 Å². The van der Waals surface area contributed by atoms with Crippen LogP contribution < -0.4 is 16.0 Å². The lowest BCUT2D eigenvalue weighted by atomic mass is 9.96. The van der Waals surface area contributed by atoms with E-state index in [0.29, 0.717) is 18.8 Å². The summed E-state index contributed by atoms with van der Waals surface area (Å²) in [5.74, 6) is -6.67. The number of aliphatic carboxylic acids is 2.